The summed E-state index contributed by atoms with van der Waals surface area (Å²) < 4.78 is 27.5. The molecular formula is C11H13NO5S. The average molecular weight is 271 g/mol. The van der Waals surface area contributed by atoms with Crippen molar-refractivity contribution >= 4 is 21.5 Å². The molecule has 0 unspecified atom stereocenters. The average Bonchev–Trinajstić information content (AvgIpc) is 2.28. The van der Waals surface area contributed by atoms with E-state index in [0.717, 1.165) is 12.3 Å². The summed E-state index contributed by atoms with van der Waals surface area (Å²) in [5.74, 6) is -0.523. The fourth-order valence-corrected chi connectivity index (χ4v) is 1.90. The van der Waals surface area contributed by atoms with Crippen LogP contribution in [0.2, 0.25) is 0 Å². The van der Waals surface area contributed by atoms with Gasteiger partial charge in [-0.15, -0.1) is 4.91 Å². The van der Waals surface area contributed by atoms with Gasteiger partial charge in [0.1, 0.15) is 0 Å². The van der Waals surface area contributed by atoms with Gasteiger partial charge < -0.3 is 4.74 Å². The Morgan fingerprint density at radius 3 is 2.56 bits per heavy atom. The fraction of sp³-hybridized carbons (Fsp3) is 0.364. The molecule has 0 spiro atoms. The van der Waals surface area contributed by atoms with Crippen molar-refractivity contribution in [3.05, 3.63) is 23.1 Å². The smallest absolute Gasteiger partial charge is 0.311 e. The molecule has 0 heterocycles. The van der Waals surface area contributed by atoms with Gasteiger partial charge in [-0.3, -0.25) is 4.79 Å². The normalized spacial score (nSPS) is 11.0. The summed E-state index contributed by atoms with van der Waals surface area (Å²) in [5.41, 5.74) is -0.206. The van der Waals surface area contributed by atoms with Gasteiger partial charge in [-0.1, -0.05) is 6.92 Å². The SMILES string of the molecule is CCCC(=O)Oc1ccc(S(C)(=O)=O)cc1N=O. The third-order valence-corrected chi connectivity index (χ3v) is 3.25. The Balaban J connectivity index is 3.08. The number of nitroso groups, excluding NO2 is 1. The molecule has 18 heavy (non-hydrogen) atoms. The molecule has 1 rings (SSSR count). The number of rotatable bonds is 5. The van der Waals surface area contributed by atoms with Gasteiger partial charge in [0.25, 0.3) is 0 Å². The van der Waals surface area contributed by atoms with Gasteiger partial charge >= 0.3 is 5.97 Å². The number of sulfone groups is 1. The van der Waals surface area contributed by atoms with Crippen molar-refractivity contribution in [2.75, 3.05) is 6.26 Å². The maximum absolute atomic E-state index is 11.3. The number of carbonyl (C=O) groups excluding carboxylic acids is 1. The Bertz CT molecular complexity index is 565. The Morgan fingerprint density at radius 2 is 2.06 bits per heavy atom. The van der Waals surface area contributed by atoms with E-state index in [1.165, 1.54) is 12.1 Å². The fourth-order valence-electron chi connectivity index (χ4n) is 1.26. The van der Waals surface area contributed by atoms with Crippen LogP contribution in [0.15, 0.2) is 28.3 Å². The Hall–Kier alpha value is -1.76. The molecule has 0 aliphatic carbocycles. The molecule has 0 fully saturated rings. The zero-order chi connectivity index (χ0) is 13.8. The molecule has 7 heteroatoms. The van der Waals surface area contributed by atoms with Crippen molar-refractivity contribution in [2.24, 2.45) is 5.18 Å². The number of carbonyl (C=O) groups is 1. The van der Waals surface area contributed by atoms with Crippen LogP contribution in [-0.4, -0.2) is 20.6 Å². The van der Waals surface area contributed by atoms with E-state index >= 15 is 0 Å². The lowest BCUT2D eigenvalue weighted by Crippen LogP contribution is -2.07. The second-order valence-electron chi connectivity index (χ2n) is 3.72. The van der Waals surface area contributed by atoms with Crippen LogP contribution in [0.3, 0.4) is 0 Å². The van der Waals surface area contributed by atoms with Gasteiger partial charge in [0.2, 0.25) is 0 Å². The van der Waals surface area contributed by atoms with Crippen LogP contribution in [0.5, 0.6) is 5.75 Å². The summed E-state index contributed by atoms with van der Waals surface area (Å²) in [4.78, 5) is 21.8. The first-order chi connectivity index (χ1) is 8.38. The van der Waals surface area contributed by atoms with E-state index in [9.17, 15) is 18.1 Å². The first-order valence-electron chi connectivity index (χ1n) is 5.26. The van der Waals surface area contributed by atoms with Crippen LogP contribution in [-0.2, 0) is 14.6 Å². The molecule has 6 nitrogen and oxygen atoms in total. The predicted octanol–water partition coefficient (Wildman–Crippen LogP) is 2.19. The molecule has 0 amide bonds. The predicted molar refractivity (Wildman–Crippen MR) is 65.5 cm³/mol. The van der Waals surface area contributed by atoms with Crippen molar-refractivity contribution in [3.8, 4) is 5.75 Å². The summed E-state index contributed by atoms with van der Waals surface area (Å²) in [6.07, 6.45) is 1.84. The summed E-state index contributed by atoms with van der Waals surface area (Å²) in [5, 5.41) is 2.67. The highest BCUT2D eigenvalue weighted by atomic mass is 32.2. The van der Waals surface area contributed by atoms with Crippen molar-refractivity contribution < 1.29 is 17.9 Å². The van der Waals surface area contributed by atoms with E-state index in [-0.39, 0.29) is 22.8 Å². The standard InChI is InChI=1S/C11H13NO5S/c1-3-4-11(13)17-10-6-5-8(18(2,15)16)7-9(10)12-14/h5-7H,3-4H2,1-2H3. The molecule has 0 atom stereocenters. The molecule has 1 aromatic rings. The van der Waals surface area contributed by atoms with Crippen molar-refractivity contribution in [3.63, 3.8) is 0 Å². The lowest BCUT2D eigenvalue weighted by molar-refractivity contribution is -0.134. The van der Waals surface area contributed by atoms with Gasteiger partial charge in [0.15, 0.2) is 21.3 Å². The van der Waals surface area contributed by atoms with Crippen molar-refractivity contribution in [1.82, 2.24) is 0 Å². The minimum Gasteiger partial charge on any atom is -0.424 e. The largest absolute Gasteiger partial charge is 0.424 e. The lowest BCUT2D eigenvalue weighted by Gasteiger charge is -2.06. The third kappa shape index (κ3) is 3.63. The minimum absolute atomic E-state index is 0.0316. The summed E-state index contributed by atoms with van der Waals surface area (Å²) in [7, 11) is -3.43. The highest BCUT2D eigenvalue weighted by molar-refractivity contribution is 7.90. The van der Waals surface area contributed by atoms with E-state index in [0.29, 0.717) is 6.42 Å². The highest BCUT2D eigenvalue weighted by Crippen LogP contribution is 2.30. The van der Waals surface area contributed by atoms with Gasteiger partial charge in [0.05, 0.1) is 4.90 Å². The van der Waals surface area contributed by atoms with Gasteiger partial charge in [-0.25, -0.2) is 8.42 Å². The van der Waals surface area contributed by atoms with Crippen molar-refractivity contribution in [2.45, 2.75) is 24.7 Å². The van der Waals surface area contributed by atoms with E-state index in [4.69, 9.17) is 4.74 Å². The first kappa shape index (κ1) is 14.3. The summed E-state index contributed by atoms with van der Waals surface area (Å²) in [6.45, 7) is 1.81. The van der Waals surface area contributed by atoms with Crippen molar-refractivity contribution in [1.29, 1.82) is 0 Å². The molecule has 1 aromatic carbocycles. The quantitative estimate of drug-likeness (QED) is 0.465. The molecule has 0 N–H and O–H groups in total. The highest BCUT2D eigenvalue weighted by Gasteiger charge is 2.14. The van der Waals surface area contributed by atoms with Gasteiger partial charge in [0, 0.05) is 12.7 Å². The van der Waals surface area contributed by atoms with E-state index in [1.54, 1.807) is 0 Å². The summed E-state index contributed by atoms with van der Waals surface area (Å²) >= 11 is 0. The van der Waals surface area contributed by atoms with Crippen LogP contribution in [0.4, 0.5) is 5.69 Å². The van der Waals surface area contributed by atoms with Gasteiger partial charge in [-0.2, -0.15) is 0 Å². The Kier molecular flexibility index (Phi) is 4.55. The molecular weight excluding hydrogens is 258 g/mol. The summed E-state index contributed by atoms with van der Waals surface area (Å²) in [6, 6.07) is 3.59. The van der Waals surface area contributed by atoms with E-state index < -0.39 is 15.8 Å². The number of benzene rings is 1. The molecule has 0 aromatic heterocycles. The number of ether oxygens (including phenoxy) is 1. The lowest BCUT2D eigenvalue weighted by atomic mass is 10.3. The molecule has 0 bridgehead atoms. The molecule has 98 valence electrons. The topological polar surface area (TPSA) is 89.9 Å². The molecule has 0 saturated carbocycles. The molecule has 0 aliphatic rings. The van der Waals surface area contributed by atoms with Crippen LogP contribution in [0, 0.1) is 4.91 Å². The van der Waals surface area contributed by atoms with E-state index in [2.05, 4.69) is 5.18 Å². The zero-order valence-corrected chi connectivity index (χ0v) is 10.9. The number of hydrogen-bond acceptors (Lipinski definition) is 6. The Morgan fingerprint density at radius 1 is 1.39 bits per heavy atom. The van der Waals surface area contributed by atoms with Crippen LogP contribution in [0.25, 0.3) is 0 Å². The van der Waals surface area contributed by atoms with Crippen LogP contribution in [0.1, 0.15) is 19.8 Å². The molecule has 0 radical (unpaired) electrons. The monoisotopic (exact) mass is 271 g/mol. The maximum Gasteiger partial charge on any atom is 0.311 e. The second-order valence-corrected chi connectivity index (χ2v) is 5.73. The Labute approximate surface area is 105 Å². The number of esters is 1. The first-order valence-corrected chi connectivity index (χ1v) is 7.15. The number of nitrogens with zero attached hydrogens (tertiary/aromatic N) is 1. The van der Waals surface area contributed by atoms with Crippen LogP contribution >= 0.6 is 0 Å². The maximum atomic E-state index is 11.3. The van der Waals surface area contributed by atoms with Crippen LogP contribution < -0.4 is 4.74 Å². The number of hydrogen-bond donors (Lipinski definition) is 0. The van der Waals surface area contributed by atoms with E-state index in [1.807, 2.05) is 6.92 Å². The minimum atomic E-state index is -3.43. The zero-order valence-electron chi connectivity index (χ0n) is 10.0. The second kappa shape index (κ2) is 5.72. The molecule has 0 saturated heterocycles. The molecule has 0 aliphatic heterocycles. The third-order valence-electron chi connectivity index (χ3n) is 2.13. The van der Waals surface area contributed by atoms with Gasteiger partial charge in [-0.05, 0) is 29.8 Å².